The van der Waals surface area contributed by atoms with Gasteiger partial charge in [-0.15, -0.1) is 13.2 Å². The highest BCUT2D eigenvalue weighted by Gasteiger charge is 2.80. The fourth-order valence-corrected chi connectivity index (χ4v) is 7.66. The molecule has 3 fully saturated rings. The fourth-order valence-electron chi connectivity index (χ4n) is 7.66. The average Bonchev–Trinajstić information content (AvgIpc) is 3.48. The molecule has 3 saturated heterocycles. The molecule has 1 spiro atoms. The van der Waals surface area contributed by atoms with Gasteiger partial charge in [-0.2, -0.15) is 0 Å². The molecule has 1 aromatic carbocycles. The second-order valence-electron chi connectivity index (χ2n) is 12.4. The van der Waals surface area contributed by atoms with E-state index < -0.39 is 29.1 Å². The standard InChI is InChI=1S/C34H49N3O5/c1-6-18-35(19-7-2)30(39)27-28-31(40)37(21-14-9-10-15-22-38)29(34(28)23-25(4)33(27,5)42-34)32(41)36(20-8-3)24-26-16-12-11-13-17-26/h6,8,11-13,16-17,25,27-29,38H,1,3,7,9-10,14-15,18-24H2,2,4-5H3/t25?,27-,28+,29?,33+,34?/m1/s1. The molecule has 0 aromatic heterocycles. The van der Waals surface area contributed by atoms with Crippen molar-refractivity contribution in [2.45, 2.75) is 83.1 Å². The Morgan fingerprint density at radius 3 is 2.38 bits per heavy atom. The number of benzene rings is 1. The molecule has 0 aliphatic carbocycles. The van der Waals surface area contributed by atoms with E-state index in [-0.39, 0.29) is 30.2 Å². The van der Waals surface area contributed by atoms with Crippen molar-refractivity contribution in [3.63, 3.8) is 0 Å². The second-order valence-corrected chi connectivity index (χ2v) is 12.4. The predicted molar refractivity (Wildman–Crippen MR) is 163 cm³/mol. The highest BCUT2D eigenvalue weighted by atomic mass is 16.5. The number of ether oxygens (including phenoxy) is 1. The number of carbonyl (C=O) groups excluding carboxylic acids is 3. The number of amides is 3. The van der Waals surface area contributed by atoms with Gasteiger partial charge in [0.25, 0.3) is 0 Å². The average molecular weight is 580 g/mol. The van der Waals surface area contributed by atoms with E-state index in [1.807, 2.05) is 44.2 Å². The Balaban J connectivity index is 1.74. The summed E-state index contributed by atoms with van der Waals surface area (Å²) < 4.78 is 6.94. The van der Waals surface area contributed by atoms with Crippen LogP contribution in [0.4, 0.5) is 0 Å². The lowest BCUT2D eigenvalue weighted by atomic mass is 9.62. The number of hydrogen-bond donors (Lipinski definition) is 1. The zero-order chi connectivity index (χ0) is 30.5. The van der Waals surface area contributed by atoms with E-state index in [4.69, 9.17) is 4.74 Å². The SMILES string of the molecule is C=CCN(Cc1ccccc1)C(=O)C1N(CCCCCCO)C(=O)[C@@H]2[C@H](C(=O)N(CC=C)CCC)[C@@]3(C)OC12CC3C. The summed E-state index contributed by atoms with van der Waals surface area (Å²) in [5.74, 6) is -1.80. The van der Waals surface area contributed by atoms with Gasteiger partial charge in [0.2, 0.25) is 17.7 Å². The number of rotatable bonds is 16. The van der Waals surface area contributed by atoms with Crippen molar-refractivity contribution in [3.8, 4) is 0 Å². The molecule has 0 radical (unpaired) electrons. The summed E-state index contributed by atoms with van der Waals surface area (Å²) in [5, 5.41) is 9.22. The van der Waals surface area contributed by atoms with Gasteiger partial charge in [0.05, 0.1) is 17.4 Å². The van der Waals surface area contributed by atoms with Gasteiger partial charge in [-0.1, -0.05) is 69.2 Å². The van der Waals surface area contributed by atoms with Crippen LogP contribution in [-0.4, -0.2) is 87.6 Å². The maximum absolute atomic E-state index is 14.6. The quantitative estimate of drug-likeness (QED) is 0.234. The Morgan fingerprint density at radius 1 is 1.07 bits per heavy atom. The molecular formula is C34H49N3O5. The lowest BCUT2D eigenvalue weighted by molar-refractivity contribution is -0.155. The van der Waals surface area contributed by atoms with Crippen molar-refractivity contribution in [2.24, 2.45) is 17.8 Å². The Kier molecular flexibility index (Phi) is 10.3. The van der Waals surface area contributed by atoms with Crippen molar-refractivity contribution in [2.75, 3.05) is 32.8 Å². The molecule has 0 saturated carbocycles. The van der Waals surface area contributed by atoms with E-state index in [0.717, 1.165) is 24.8 Å². The lowest BCUT2D eigenvalue weighted by Crippen LogP contribution is -2.57. The third kappa shape index (κ3) is 5.68. The molecule has 42 heavy (non-hydrogen) atoms. The molecule has 3 aliphatic heterocycles. The van der Waals surface area contributed by atoms with Gasteiger partial charge in [0, 0.05) is 39.3 Å². The van der Waals surface area contributed by atoms with Gasteiger partial charge in [-0.25, -0.2) is 0 Å². The molecule has 3 unspecified atom stereocenters. The molecule has 8 nitrogen and oxygen atoms in total. The second kappa shape index (κ2) is 13.6. The Labute approximate surface area is 251 Å². The number of carbonyl (C=O) groups is 3. The van der Waals surface area contributed by atoms with Crippen LogP contribution in [0, 0.1) is 17.8 Å². The molecule has 1 aromatic rings. The summed E-state index contributed by atoms with van der Waals surface area (Å²) in [5.41, 5.74) is -0.930. The van der Waals surface area contributed by atoms with Crippen LogP contribution in [0.15, 0.2) is 55.6 Å². The van der Waals surface area contributed by atoms with Gasteiger partial charge in [-0.3, -0.25) is 14.4 Å². The molecule has 3 aliphatic rings. The minimum absolute atomic E-state index is 0.00973. The van der Waals surface area contributed by atoms with Crippen molar-refractivity contribution in [3.05, 3.63) is 61.2 Å². The van der Waals surface area contributed by atoms with Crippen molar-refractivity contribution in [1.29, 1.82) is 0 Å². The van der Waals surface area contributed by atoms with Crippen LogP contribution in [0.5, 0.6) is 0 Å². The molecule has 1 N–H and O–H groups in total. The van der Waals surface area contributed by atoms with Gasteiger partial charge >= 0.3 is 0 Å². The van der Waals surface area contributed by atoms with Crippen LogP contribution in [0.1, 0.15) is 64.9 Å². The summed E-state index contributed by atoms with van der Waals surface area (Å²) in [7, 11) is 0. The lowest BCUT2D eigenvalue weighted by Gasteiger charge is -2.39. The number of likely N-dealkylation sites (tertiary alicyclic amines) is 1. The van der Waals surface area contributed by atoms with Crippen LogP contribution in [0.3, 0.4) is 0 Å². The predicted octanol–water partition coefficient (Wildman–Crippen LogP) is 4.19. The van der Waals surface area contributed by atoms with Gasteiger partial charge in [0.1, 0.15) is 11.6 Å². The zero-order valence-corrected chi connectivity index (χ0v) is 25.7. The third-order valence-corrected chi connectivity index (χ3v) is 9.65. The number of aliphatic hydroxyl groups excluding tert-OH is 1. The molecule has 3 amide bonds. The van der Waals surface area contributed by atoms with Crippen molar-refractivity contribution >= 4 is 17.7 Å². The number of fused-ring (bicyclic) bond motifs is 1. The molecular weight excluding hydrogens is 530 g/mol. The third-order valence-electron chi connectivity index (χ3n) is 9.65. The highest BCUT2D eigenvalue weighted by Crippen LogP contribution is 2.65. The van der Waals surface area contributed by atoms with Gasteiger partial charge in [0.15, 0.2) is 0 Å². The smallest absolute Gasteiger partial charge is 0.248 e. The summed E-state index contributed by atoms with van der Waals surface area (Å²) in [6, 6.07) is 8.99. The molecule has 2 bridgehead atoms. The van der Waals surface area contributed by atoms with E-state index in [9.17, 15) is 19.5 Å². The molecule has 3 heterocycles. The maximum Gasteiger partial charge on any atom is 0.248 e. The fraction of sp³-hybridized carbons (Fsp3) is 0.618. The molecule has 4 rings (SSSR count). The van der Waals surface area contributed by atoms with Crippen LogP contribution in [0.2, 0.25) is 0 Å². The number of aliphatic hydroxyl groups is 1. The number of nitrogens with zero attached hydrogens (tertiary/aromatic N) is 3. The van der Waals surface area contributed by atoms with Crippen LogP contribution >= 0.6 is 0 Å². The van der Waals surface area contributed by atoms with Crippen molar-refractivity contribution < 1.29 is 24.2 Å². The Hall–Kier alpha value is -2.97. The largest absolute Gasteiger partial charge is 0.396 e. The Morgan fingerprint density at radius 2 is 1.74 bits per heavy atom. The van der Waals surface area contributed by atoms with Crippen molar-refractivity contribution in [1.82, 2.24) is 14.7 Å². The molecule has 8 heteroatoms. The summed E-state index contributed by atoms with van der Waals surface area (Å²) in [4.78, 5) is 48.6. The van der Waals surface area contributed by atoms with Gasteiger partial charge in [-0.05, 0) is 44.1 Å². The number of unbranched alkanes of at least 4 members (excludes halogenated alkanes) is 3. The van der Waals surface area contributed by atoms with Gasteiger partial charge < -0.3 is 24.5 Å². The first-order valence-electron chi connectivity index (χ1n) is 15.6. The van der Waals surface area contributed by atoms with E-state index in [1.54, 1.807) is 26.9 Å². The maximum atomic E-state index is 14.6. The first-order valence-corrected chi connectivity index (χ1v) is 15.6. The highest BCUT2D eigenvalue weighted by molar-refractivity contribution is 5.99. The first kappa shape index (κ1) is 32.0. The minimum atomic E-state index is -1.07. The normalized spacial score (nSPS) is 29.4. The van der Waals surface area contributed by atoms with E-state index in [2.05, 4.69) is 20.1 Å². The summed E-state index contributed by atoms with van der Waals surface area (Å²) in [6.07, 6.45) is 7.88. The zero-order valence-electron chi connectivity index (χ0n) is 25.7. The van der Waals surface area contributed by atoms with Crippen LogP contribution < -0.4 is 0 Å². The van der Waals surface area contributed by atoms with Crippen LogP contribution in [0.25, 0.3) is 0 Å². The van der Waals surface area contributed by atoms with E-state index in [0.29, 0.717) is 52.0 Å². The Bertz CT molecular complexity index is 1140. The van der Waals surface area contributed by atoms with E-state index in [1.165, 1.54) is 0 Å². The summed E-state index contributed by atoms with van der Waals surface area (Å²) >= 11 is 0. The minimum Gasteiger partial charge on any atom is -0.396 e. The first-order chi connectivity index (χ1) is 20.2. The van der Waals surface area contributed by atoms with Crippen LogP contribution in [-0.2, 0) is 25.7 Å². The summed E-state index contributed by atoms with van der Waals surface area (Å²) in [6.45, 7) is 16.1. The molecule has 230 valence electrons. The monoisotopic (exact) mass is 579 g/mol. The van der Waals surface area contributed by atoms with E-state index >= 15 is 0 Å². The number of hydrogen-bond acceptors (Lipinski definition) is 5. The molecule has 6 atom stereocenters. The topological polar surface area (TPSA) is 90.4 Å².